The third kappa shape index (κ3) is 5.86. The van der Waals surface area contributed by atoms with Gasteiger partial charge in [0.05, 0.1) is 0 Å². The maximum atomic E-state index is 5.29. The molecule has 2 aromatic carbocycles. The van der Waals surface area contributed by atoms with Crippen molar-refractivity contribution >= 4 is 38.9 Å². The van der Waals surface area contributed by atoms with Gasteiger partial charge in [0, 0.05) is 16.7 Å². The summed E-state index contributed by atoms with van der Waals surface area (Å²) in [6, 6.07) is 16.6. The standard InChI is InChI=1S/C17H19BrN2S/c1-13-4-2-5-14(12-13)6-3-11-19-17(21)20-16-9-7-15(18)8-10-16/h2,4-5,7-10,12H,3,6,11H2,1H3,(H2,19,20,21). The summed E-state index contributed by atoms with van der Waals surface area (Å²) in [5.41, 5.74) is 3.69. The minimum Gasteiger partial charge on any atom is -0.362 e. The van der Waals surface area contributed by atoms with Gasteiger partial charge in [-0.25, -0.2) is 0 Å². The molecule has 0 spiro atoms. The lowest BCUT2D eigenvalue weighted by Gasteiger charge is -2.10. The Labute approximate surface area is 140 Å². The van der Waals surface area contributed by atoms with Crippen LogP contribution in [-0.4, -0.2) is 11.7 Å². The molecule has 0 saturated carbocycles. The molecule has 0 unspecified atom stereocenters. The van der Waals surface area contributed by atoms with Crippen LogP contribution in [0, 0.1) is 6.92 Å². The average molecular weight is 363 g/mol. The van der Waals surface area contributed by atoms with E-state index in [1.807, 2.05) is 24.3 Å². The molecule has 0 amide bonds. The Balaban J connectivity index is 1.68. The number of benzene rings is 2. The van der Waals surface area contributed by atoms with Crippen LogP contribution in [0.2, 0.25) is 0 Å². The van der Waals surface area contributed by atoms with Crippen molar-refractivity contribution in [3.8, 4) is 0 Å². The molecule has 0 saturated heterocycles. The molecule has 21 heavy (non-hydrogen) atoms. The van der Waals surface area contributed by atoms with Gasteiger partial charge < -0.3 is 10.6 Å². The van der Waals surface area contributed by atoms with Crippen LogP contribution in [0.25, 0.3) is 0 Å². The van der Waals surface area contributed by atoms with E-state index in [0.29, 0.717) is 5.11 Å². The van der Waals surface area contributed by atoms with Gasteiger partial charge in [-0.1, -0.05) is 45.8 Å². The van der Waals surface area contributed by atoms with E-state index in [1.165, 1.54) is 11.1 Å². The molecule has 4 heteroatoms. The zero-order chi connectivity index (χ0) is 15.1. The highest BCUT2D eigenvalue weighted by Gasteiger charge is 1.98. The molecular weight excluding hydrogens is 344 g/mol. The van der Waals surface area contributed by atoms with E-state index in [9.17, 15) is 0 Å². The topological polar surface area (TPSA) is 24.1 Å². The summed E-state index contributed by atoms with van der Waals surface area (Å²) in [4.78, 5) is 0. The summed E-state index contributed by atoms with van der Waals surface area (Å²) in [7, 11) is 0. The molecule has 0 bridgehead atoms. The molecule has 0 radical (unpaired) electrons. The van der Waals surface area contributed by atoms with Gasteiger partial charge in [0.15, 0.2) is 5.11 Å². The molecule has 0 aliphatic carbocycles. The second-order valence-electron chi connectivity index (χ2n) is 4.98. The Morgan fingerprint density at radius 1 is 1.14 bits per heavy atom. The fourth-order valence-corrected chi connectivity index (χ4v) is 2.55. The zero-order valence-corrected chi connectivity index (χ0v) is 14.4. The predicted molar refractivity (Wildman–Crippen MR) is 97.9 cm³/mol. The molecule has 0 aliphatic rings. The summed E-state index contributed by atoms with van der Waals surface area (Å²) in [5, 5.41) is 7.08. The van der Waals surface area contributed by atoms with E-state index >= 15 is 0 Å². The van der Waals surface area contributed by atoms with Crippen molar-refractivity contribution in [3.63, 3.8) is 0 Å². The number of nitrogens with one attached hydrogen (secondary N) is 2. The molecule has 0 heterocycles. The SMILES string of the molecule is Cc1cccc(CCCNC(=S)Nc2ccc(Br)cc2)c1. The van der Waals surface area contributed by atoms with Crippen LogP contribution < -0.4 is 10.6 Å². The van der Waals surface area contributed by atoms with Crippen molar-refractivity contribution in [3.05, 3.63) is 64.1 Å². The molecule has 110 valence electrons. The van der Waals surface area contributed by atoms with Crippen molar-refractivity contribution in [2.75, 3.05) is 11.9 Å². The normalized spacial score (nSPS) is 10.2. The highest BCUT2D eigenvalue weighted by atomic mass is 79.9. The second kappa shape index (κ2) is 8.15. The summed E-state index contributed by atoms with van der Waals surface area (Å²) >= 11 is 8.70. The number of hydrogen-bond acceptors (Lipinski definition) is 1. The van der Waals surface area contributed by atoms with Gasteiger partial charge in [-0.3, -0.25) is 0 Å². The van der Waals surface area contributed by atoms with Crippen molar-refractivity contribution in [1.29, 1.82) is 0 Å². The molecule has 2 rings (SSSR count). The lowest BCUT2D eigenvalue weighted by molar-refractivity contribution is 0.777. The number of thiocarbonyl (C=S) groups is 1. The highest BCUT2D eigenvalue weighted by molar-refractivity contribution is 9.10. The van der Waals surface area contributed by atoms with Gasteiger partial charge >= 0.3 is 0 Å². The van der Waals surface area contributed by atoms with E-state index in [0.717, 1.165) is 29.5 Å². The van der Waals surface area contributed by atoms with E-state index in [1.54, 1.807) is 0 Å². The Hall–Kier alpha value is -1.39. The smallest absolute Gasteiger partial charge is 0.170 e. The van der Waals surface area contributed by atoms with E-state index in [2.05, 4.69) is 57.8 Å². The molecule has 2 N–H and O–H groups in total. The lowest BCUT2D eigenvalue weighted by Crippen LogP contribution is -2.29. The van der Waals surface area contributed by atoms with Gasteiger partial charge in [-0.2, -0.15) is 0 Å². The number of hydrogen-bond donors (Lipinski definition) is 2. The Kier molecular flexibility index (Phi) is 6.21. The van der Waals surface area contributed by atoms with Crippen LogP contribution in [0.4, 0.5) is 5.69 Å². The van der Waals surface area contributed by atoms with Crippen LogP contribution >= 0.6 is 28.1 Å². The number of anilines is 1. The highest BCUT2D eigenvalue weighted by Crippen LogP contribution is 2.13. The van der Waals surface area contributed by atoms with Crippen molar-refractivity contribution in [1.82, 2.24) is 5.32 Å². The average Bonchev–Trinajstić information content (AvgIpc) is 2.46. The van der Waals surface area contributed by atoms with Crippen LogP contribution in [-0.2, 0) is 6.42 Å². The molecule has 2 aromatic rings. The number of rotatable bonds is 5. The Morgan fingerprint density at radius 2 is 1.90 bits per heavy atom. The minimum absolute atomic E-state index is 0.668. The van der Waals surface area contributed by atoms with Crippen LogP contribution in [0.1, 0.15) is 17.5 Å². The van der Waals surface area contributed by atoms with Crippen molar-refractivity contribution in [2.45, 2.75) is 19.8 Å². The Bertz CT molecular complexity index is 596. The number of halogens is 1. The minimum atomic E-state index is 0.668. The lowest BCUT2D eigenvalue weighted by atomic mass is 10.1. The summed E-state index contributed by atoms with van der Waals surface area (Å²) < 4.78 is 1.06. The fraction of sp³-hybridized carbons (Fsp3) is 0.235. The van der Waals surface area contributed by atoms with E-state index < -0.39 is 0 Å². The molecule has 0 aromatic heterocycles. The molecular formula is C17H19BrN2S. The third-order valence-electron chi connectivity index (χ3n) is 3.11. The quantitative estimate of drug-likeness (QED) is 0.596. The molecule has 2 nitrogen and oxygen atoms in total. The number of aryl methyl sites for hydroxylation is 2. The van der Waals surface area contributed by atoms with E-state index in [4.69, 9.17) is 12.2 Å². The zero-order valence-electron chi connectivity index (χ0n) is 12.0. The molecule has 0 atom stereocenters. The summed E-state index contributed by atoms with van der Waals surface area (Å²) in [5.74, 6) is 0. The largest absolute Gasteiger partial charge is 0.362 e. The first kappa shape index (κ1) is 16.0. The van der Waals surface area contributed by atoms with Gasteiger partial charge in [-0.15, -0.1) is 0 Å². The maximum Gasteiger partial charge on any atom is 0.170 e. The van der Waals surface area contributed by atoms with Crippen LogP contribution in [0.3, 0.4) is 0 Å². The fourth-order valence-electron chi connectivity index (χ4n) is 2.07. The molecule has 0 aliphatic heterocycles. The molecule has 0 fully saturated rings. The van der Waals surface area contributed by atoms with Crippen molar-refractivity contribution < 1.29 is 0 Å². The maximum absolute atomic E-state index is 5.29. The van der Waals surface area contributed by atoms with Crippen LogP contribution in [0.15, 0.2) is 53.0 Å². The van der Waals surface area contributed by atoms with Gasteiger partial charge in [-0.05, 0) is 61.8 Å². The monoisotopic (exact) mass is 362 g/mol. The van der Waals surface area contributed by atoms with E-state index in [-0.39, 0.29) is 0 Å². The van der Waals surface area contributed by atoms with Crippen molar-refractivity contribution in [2.24, 2.45) is 0 Å². The third-order valence-corrected chi connectivity index (χ3v) is 3.89. The summed E-state index contributed by atoms with van der Waals surface area (Å²) in [6.07, 6.45) is 2.13. The Morgan fingerprint density at radius 3 is 2.62 bits per heavy atom. The van der Waals surface area contributed by atoms with Gasteiger partial charge in [0.1, 0.15) is 0 Å². The first-order chi connectivity index (χ1) is 10.1. The summed E-state index contributed by atoms with van der Waals surface area (Å²) in [6.45, 7) is 3.00. The van der Waals surface area contributed by atoms with Gasteiger partial charge in [0.25, 0.3) is 0 Å². The first-order valence-corrected chi connectivity index (χ1v) is 8.19. The first-order valence-electron chi connectivity index (χ1n) is 6.99. The second-order valence-corrected chi connectivity index (χ2v) is 6.30. The predicted octanol–water partition coefficient (Wildman–Crippen LogP) is 4.68. The van der Waals surface area contributed by atoms with Gasteiger partial charge in [0.2, 0.25) is 0 Å². The van der Waals surface area contributed by atoms with Crippen LogP contribution in [0.5, 0.6) is 0 Å².